The number of anilines is 1. The molecule has 0 aliphatic heterocycles. The standard InChI is InChI=1S/C22H25FN4OS/c1-4-26(5-2)19-13-9-17(10-14-19)21-24-25-22(27(21)6-3)29-15-20(28)16-7-11-18(23)12-8-16/h7-14H,4-6,15H2,1-3H3. The molecule has 3 rings (SSSR count). The number of Topliss-reactive ketones (excluding diaryl/α,β-unsaturated/α-hetero) is 1. The molecule has 0 N–H and O–H groups in total. The van der Waals surface area contributed by atoms with Crippen LogP contribution in [0, 0.1) is 5.82 Å². The van der Waals surface area contributed by atoms with E-state index < -0.39 is 0 Å². The molecule has 0 fully saturated rings. The topological polar surface area (TPSA) is 51.0 Å². The Kier molecular flexibility index (Phi) is 7.04. The summed E-state index contributed by atoms with van der Waals surface area (Å²) in [5.74, 6) is 0.600. The number of aromatic nitrogens is 3. The van der Waals surface area contributed by atoms with E-state index in [9.17, 15) is 9.18 Å². The maximum Gasteiger partial charge on any atom is 0.191 e. The molecule has 0 aliphatic rings. The van der Waals surface area contributed by atoms with Crippen molar-refractivity contribution in [2.45, 2.75) is 32.5 Å². The SMILES string of the molecule is CCN(CC)c1ccc(-c2nnc(SCC(=O)c3ccc(F)cc3)n2CC)cc1. The fourth-order valence-corrected chi connectivity index (χ4v) is 4.05. The molecule has 152 valence electrons. The number of hydrogen-bond donors (Lipinski definition) is 0. The number of halogens is 1. The van der Waals surface area contributed by atoms with Crippen molar-refractivity contribution in [1.29, 1.82) is 0 Å². The van der Waals surface area contributed by atoms with Crippen LogP contribution < -0.4 is 4.90 Å². The Morgan fingerprint density at radius 2 is 1.66 bits per heavy atom. The summed E-state index contributed by atoms with van der Waals surface area (Å²) in [5, 5.41) is 9.34. The fraction of sp³-hybridized carbons (Fsp3) is 0.318. The third-order valence-electron chi connectivity index (χ3n) is 4.79. The molecule has 0 saturated heterocycles. The first kappa shape index (κ1) is 21.0. The fourth-order valence-electron chi connectivity index (χ4n) is 3.15. The lowest BCUT2D eigenvalue weighted by Gasteiger charge is -2.21. The molecule has 0 spiro atoms. The molecule has 1 heterocycles. The van der Waals surface area contributed by atoms with Gasteiger partial charge in [-0.15, -0.1) is 10.2 Å². The van der Waals surface area contributed by atoms with Crippen LogP contribution in [0.3, 0.4) is 0 Å². The molecule has 0 amide bonds. The quantitative estimate of drug-likeness (QED) is 0.369. The van der Waals surface area contributed by atoms with E-state index in [1.807, 2.05) is 11.5 Å². The van der Waals surface area contributed by atoms with Gasteiger partial charge >= 0.3 is 0 Å². The summed E-state index contributed by atoms with van der Waals surface area (Å²) in [6.07, 6.45) is 0. The predicted molar refractivity (Wildman–Crippen MR) is 116 cm³/mol. The van der Waals surface area contributed by atoms with Crippen molar-refractivity contribution in [3.8, 4) is 11.4 Å². The highest BCUT2D eigenvalue weighted by atomic mass is 32.2. The molecule has 0 atom stereocenters. The van der Waals surface area contributed by atoms with E-state index in [1.165, 1.54) is 41.7 Å². The van der Waals surface area contributed by atoms with Gasteiger partial charge in [-0.3, -0.25) is 4.79 Å². The number of nitrogens with zero attached hydrogens (tertiary/aromatic N) is 4. The summed E-state index contributed by atoms with van der Waals surface area (Å²) >= 11 is 1.35. The van der Waals surface area contributed by atoms with Gasteiger partial charge in [-0.05, 0) is 69.3 Å². The van der Waals surface area contributed by atoms with E-state index in [-0.39, 0.29) is 17.4 Å². The Morgan fingerprint density at radius 3 is 2.24 bits per heavy atom. The zero-order valence-corrected chi connectivity index (χ0v) is 17.7. The van der Waals surface area contributed by atoms with Crippen LogP contribution in [-0.4, -0.2) is 39.4 Å². The Bertz CT molecular complexity index is 950. The molecule has 0 radical (unpaired) electrons. The van der Waals surface area contributed by atoms with Crippen LogP contribution in [0.25, 0.3) is 11.4 Å². The lowest BCUT2D eigenvalue weighted by molar-refractivity contribution is 0.102. The van der Waals surface area contributed by atoms with Crippen LogP contribution in [0.1, 0.15) is 31.1 Å². The Hall–Kier alpha value is -2.67. The lowest BCUT2D eigenvalue weighted by atomic mass is 10.1. The van der Waals surface area contributed by atoms with Gasteiger partial charge in [0.05, 0.1) is 5.75 Å². The first-order valence-corrected chi connectivity index (χ1v) is 10.8. The molecule has 0 aliphatic carbocycles. The first-order chi connectivity index (χ1) is 14.1. The van der Waals surface area contributed by atoms with Gasteiger partial charge in [-0.25, -0.2) is 4.39 Å². The molecule has 7 heteroatoms. The Balaban J connectivity index is 1.74. The highest BCUT2D eigenvalue weighted by Crippen LogP contribution is 2.26. The van der Waals surface area contributed by atoms with Gasteiger partial charge in [0.2, 0.25) is 0 Å². The Labute approximate surface area is 175 Å². The lowest BCUT2D eigenvalue weighted by Crippen LogP contribution is -2.21. The minimum atomic E-state index is -0.350. The van der Waals surface area contributed by atoms with Crippen molar-refractivity contribution in [2.75, 3.05) is 23.7 Å². The van der Waals surface area contributed by atoms with Gasteiger partial charge < -0.3 is 9.47 Å². The molecule has 5 nitrogen and oxygen atoms in total. The van der Waals surface area contributed by atoms with Gasteiger partial charge in [-0.2, -0.15) is 0 Å². The summed E-state index contributed by atoms with van der Waals surface area (Å²) in [5.41, 5.74) is 2.67. The van der Waals surface area contributed by atoms with E-state index in [2.05, 4.69) is 53.2 Å². The largest absolute Gasteiger partial charge is 0.372 e. The van der Waals surface area contributed by atoms with Gasteiger partial charge in [0.1, 0.15) is 5.82 Å². The summed E-state index contributed by atoms with van der Waals surface area (Å²) < 4.78 is 15.0. The molecular weight excluding hydrogens is 387 g/mol. The van der Waals surface area contributed by atoms with Crippen molar-refractivity contribution in [3.63, 3.8) is 0 Å². The second kappa shape index (κ2) is 9.69. The van der Waals surface area contributed by atoms with Crippen molar-refractivity contribution < 1.29 is 9.18 Å². The maximum absolute atomic E-state index is 13.0. The van der Waals surface area contributed by atoms with Gasteiger partial charge in [0, 0.05) is 36.4 Å². The number of ketones is 1. The maximum atomic E-state index is 13.0. The highest BCUT2D eigenvalue weighted by Gasteiger charge is 2.15. The minimum Gasteiger partial charge on any atom is -0.372 e. The normalized spacial score (nSPS) is 10.9. The van der Waals surface area contributed by atoms with E-state index in [0.29, 0.717) is 17.3 Å². The second-order valence-electron chi connectivity index (χ2n) is 6.49. The molecule has 3 aromatic rings. The molecule has 0 saturated carbocycles. The molecule has 0 unspecified atom stereocenters. The van der Waals surface area contributed by atoms with Crippen molar-refractivity contribution >= 4 is 23.2 Å². The van der Waals surface area contributed by atoms with Crippen molar-refractivity contribution in [2.24, 2.45) is 0 Å². The van der Waals surface area contributed by atoms with Crippen LogP contribution in [-0.2, 0) is 6.54 Å². The number of benzene rings is 2. The van der Waals surface area contributed by atoms with E-state index in [4.69, 9.17) is 0 Å². The molecule has 2 aromatic carbocycles. The second-order valence-corrected chi connectivity index (χ2v) is 7.43. The first-order valence-electron chi connectivity index (χ1n) is 9.77. The van der Waals surface area contributed by atoms with Crippen LogP contribution in [0.15, 0.2) is 53.7 Å². The predicted octanol–water partition coefficient (Wildman–Crippen LogP) is 4.93. The number of hydrogen-bond acceptors (Lipinski definition) is 5. The zero-order chi connectivity index (χ0) is 20.8. The van der Waals surface area contributed by atoms with Crippen molar-refractivity contribution in [1.82, 2.24) is 14.8 Å². The molecular formula is C22H25FN4OS. The smallest absolute Gasteiger partial charge is 0.191 e. The summed E-state index contributed by atoms with van der Waals surface area (Å²) in [4.78, 5) is 14.6. The third kappa shape index (κ3) is 4.85. The number of thioether (sulfide) groups is 1. The molecule has 0 bridgehead atoms. The van der Waals surface area contributed by atoms with Crippen LogP contribution >= 0.6 is 11.8 Å². The zero-order valence-electron chi connectivity index (χ0n) is 16.9. The summed E-state index contributed by atoms with van der Waals surface area (Å²) in [7, 11) is 0. The highest BCUT2D eigenvalue weighted by molar-refractivity contribution is 7.99. The minimum absolute atomic E-state index is 0.0641. The monoisotopic (exact) mass is 412 g/mol. The van der Waals surface area contributed by atoms with E-state index >= 15 is 0 Å². The van der Waals surface area contributed by atoms with Gasteiger partial charge in [0.25, 0.3) is 0 Å². The van der Waals surface area contributed by atoms with E-state index in [1.54, 1.807) is 0 Å². The number of rotatable bonds is 9. The van der Waals surface area contributed by atoms with Crippen LogP contribution in [0.2, 0.25) is 0 Å². The third-order valence-corrected chi connectivity index (χ3v) is 5.75. The van der Waals surface area contributed by atoms with E-state index in [0.717, 1.165) is 24.5 Å². The summed E-state index contributed by atoms with van der Waals surface area (Å²) in [6.45, 7) is 8.94. The van der Waals surface area contributed by atoms with Crippen molar-refractivity contribution in [3.05, 3.63) is 59.9 Å². The molecule has 1 aromatic heterocycles. The Morgan fingerprint density at radius 1 is 1.00 bits per heavy atom. The average Bonchev–Trinajstić information content (AvgIpc) is 3.17. The summed E-state index contributed by atoms with van der Waals surface area (Å²) in [6, 6.07) is 13.9. The van der Waals surface area contributed by atoms with Crippen LogP contribution in [0.5, 0.6) is 0 Å². The van der Waals surface area contributed by atoms with Gasteiger partial charge in [0.15, 0.2) is 16.8 Å². The number of carbonyl (C=O) groups is 1. The average molecular weight is 413 g/mol. The number of carbonyl (C=O) groups excluding carboxylic acids is 1. The van der Waals surface area contributed by atoms with Crippen LogP contribution in [0.4, 0.5) is 10.1 Å². The van der Waals surface area contributed by atoms with Gasteiger partial charge in [-0.1, -0.05) is 11.8 Å². The molecule has 29 heavy (non-hydrogen) atoms.